The van der Waals surface area contributed by atoms with Crippen LogP contribution in [0, 0.1) is 5.82 Å². The lowest BCUT2D eigenvalue weighted by molar-refractivity contribution is -0.116. The number of nitrogens with one attached hydrogen (secondary N) is 1. The molecule has 30 heavy (non-hydrogen) atoms. The van der Waals surface area contributed by atoms with Crippen molar-refractivity contribution in [2.45, 2.75) is 38.5 Å². The fourth-order valence-electron chi connectivity index (χ4n) is 3.56. The summed E-state index contributed by atoms with van der Waals surface area (Å²) in [5.74, 6) is 0.409. The maximum Gasteiger partial charge on any atom is 0.227 e. The van der Waals surface area contributed by atoms with E-state index >= 15 is 0 Å². The minimum Gasteiger partial charge on any atom is -0.369 e. The van der Waals surface area contributed by atoms with E-state index in [9.17, 15) is 9.18 Å². The fraction of sp³-hybridized carbons (Fsp3) is 0.364. The summed E-state index contributed by atoms with van der Waals surface area (Å²) < 4.78 is 19.7. The van der Waals surface area contributed by atoms with Crippen molar-refractivity contribution in [2.75, 3.05) is 23.3 Å². The number of piperidine rings is 1. The van der Waals surface area contributed by atoms with Crippen molar-refractivity contribution in [3.63, 3.8) is 0 Å². The van der Waals surface area contributed by atoms with Gasteiger partial charge in [0.15, 0.2) is 0 Å². The van der Waals surface area contributed by atoms with E-state index in [-0.39, 0.29) is 18.1 Å². The van der Waals surface area contributed by atoms with Gasteiger partial charge in [0.25, 0.3) is 0 Å². The van der Waals surface area contributed by atoms with Crippen LogP contribution in [0.5, 0.6) is 0 Å². The Labute approximate surface area is 174 Å². The van der Waals surface area contributed by atoms with Gasteiger partial charge in [0, 0.05) is 37.8 Å². The maximum atomic E-state index is 14.5. The first-order valence-electron chi connectivity index (χ1n) is 10.3. The molecule has 1 amide bonds. The number of halogens is 1. The quantitative estimate of drug-likeness (QED) is 0.629. The summed E-state index contributed by atoms with van der Waals surface area (Å²) >= 11 is 0. The van der Waals surface area contributed by atoms with Crippen LogP contribution < -0.4 is 10.2 Å². The van der Waals surface area contributed by atoms with Crippen LogP contribution in [0.15, 0.2) is 47.1 Å². The summed E-state index contributed by atoms with van der Waals surface area (Å²) in [6.07, 6.45) is 6.33. The lowest BCUT2D eigenvalue weighted by Gasteiger charge is -2.29. The van der Waals surface area contributed by atoms with Gasteiger partial charge in [-0.25, -0.2) is 4.39 Å². The van der Waals surface area contributed by atoms with Gasteiger partial charge in [-0.3, -0.25) is 9.78 Å². The van der Waals surface area contributed by atoms with Gasteiger partial charge in [0.05, 0.1) is 5.69 Å². The second-order valence-corrected chi connectivity index (χ2v) is 7.34. The van der Waals surface area contributed by atoms with Gasteiger partial charge in [-0.05, 0) is 56.0 Å². The number of carbonyl (C=O) groups excluding carboxylic acids is 1. The van der Waals surface area contributed by atoms with Crippen LogP contribution in [0.4, 0.5) is 15.8 Å². The molecular formula is C22H24FN5O2. The summed E-state index contributed by atoms with van der Waals surface area (Å²) in [5, 5.41) is 6.67. The number of hydrogen-bond donors (Lipinski definition) is 1. The van der Waals surface area contributed by atoms with Crippen molar-refractivity contribution in [1.82, 2.24) is 15.1 Å². The molecule has 0 bridgehead atoms. The van der Waals surface area contributed by atoms with Gasteiger partial charge in [-0.1, -0.05) is 11.2 Å². The molecule has 0 radical (unpaired) electrons. The van der Waals surface area contributed by atoms with E-state index in [1.165, 1.54) is 12.5 Å². The molecule has 0 saturated carbocycles. The number of nitrogens with zero attached hydrogens (tertiary/aromatic N) is 4. The Bertz CT molecular complexity index is 986. The number of aromatic nitrogens is 3. The molecule has 0 spiro atoms. The highest BCUT2D eigenvalue weighted by molar-refractivity contribution is 5.90. The fourth-order valence-corrected chi connectivity index (χ4v) is 3.56. The predicted octanol–water partition coefficient (Wildman–Crippen LogP) is 4.22. The summed E-state index contributed by atoms with van der Waals surface area (Å²) in [4.78, 5) is 22.7. The monoisotopic (exact) mass is 409 g/mol. The standard InChI is InChI=1S/C22H24FN5O2/c23-17-15-16(10-11-19(17)28-13-4-1-5-14-28)25-20(29)8-6-9-21-26-22(27-30-21)18-7-2-3-12-24-18/h2-3,7,10-12,15H,1,4-6,8-9,13-14H2,(H,25,29). The Morgan fingerprint density at radius 3 is 2.80 bits per heavy atom. The Morgan fingerprint density at radius 1 is 1.17 bits per heavy atom. The van der Waals surface area contributed by atoms with Gasteiger partial charge in [-0.2, -0.15) is 4.98 Å². The number of pyridine rings is 1. The molecule has 1 fully saturated rings. The lowest BCUT2D eigenvalue weighted by Crippen LogP contribution is -2.30. The van der Waals surface area contributed by atoms with Gasteiger partial charge >= 0.3 is 0 Å². The second-order valence-electron chi connectivity index (χ2n) is 7.34. The van der Waals surface area contributed by atoms with E-state index in [0.29, 0.717) is 41.6 Å². The van der Waals surface area contributed by atoms with Crippen LogP contribution >= 0.6 is 0 Å². The molecule has 1 saturated heterocycles. The zero-order chi connectivity index (χ0) is 20.8. The molecule has 156 valence electrons. The Balaban J connectivity index is 1.26. The minimum atomic E-state index is -0.303. The van der Waals surface area contributed by atoms with Crippen molar-refractivity contribution in [2.24, 2.45) is 0 Å². The number of hydrogen-bond acceptors (Lipinski definition) is 6. The average Bonchev–Trinajstić information content (AvgIpc) is 3.24. The molecule has 4 rings (SSSR count). The molecule has 3 aromatic rings. The number of aryl methyl sites for hydroxylation is 1. The first kappa shape index (κ1) is 20.0. The van der Waals surface area contributed by atoms with E-state index in [1.807, 2.05) is 12.1 Å². The highest BCUT2D eigenvalue weighted by Crippen LogP contribution is 2.26. The molecule has 8 heteroatoms. The summed E-state index contributed by atoms with van der Waals surface area (Å²) in [5.41, 5.74) is 1.71. The van der Waals surface area contributed by atoms with E-state index in [4.69, 9.17) is 4.52 Å². The van der Waals surface area contributed by atoms with Crippen LogP contribution in [0.25, 0.3) is 11.5 Å². The number of amides is 1. The Hall–Kier alpha value is -3.29. The summed E-state index contributed by atoms with van der Waals surface area (Å²) in [7, 11) is 0. The summed E-state index contributed by atoms with van der Waals surface area (Å²) in [6, 6.07) is 10.4. The van der Waals surface area contributed by atoms with Crippen molar-refractivity contribution in [3.05, 3.63) is 54.3 Å². The van der Waals surface area contributed by atoms with Gasteiger partial charge < -0.3 is 14.7 Å². The van der Waals surface area contributed by atoms with E-state index in [1.54, 1.807) is 24.4 Å². The van der Waals surface area contributed by atoms with Gasteiger partial charge in [-0.15, -0.1) is 0 Å². The third-order valence-corrected chi connectivity index (χ3v) is 5.08. The zero-order valence-corrected chi connectivity index (χ0v) is 16.7. The second kappa shape index (κ2) is 9.47. The van der Waals surface area contributed by atoms with E-state index in [2.05, 4.69) is 25.3 Å². The number of rotatable bonds is 7. The first-order chi connectivity index (χ1) is 14.7. The normalized spacial score (nSPS) is 14.0. The predicted molar refractivity (Wildman–Crippen MR) is 112 cm³/mol. The molecule has 1 aliphatic heterocycles. The highest BCUT2D eigenvalue weighted by atomic mass is 19.1. The SMILES string of the molecule is O=C(CCCc1nc(-c2ccccn2)no1)Nc1ccc(N2CCCCC2)c(F)c1. The number of anilines is 2. The third kappa shape index (κ3) is 5.00. The van der Waals surface area contributed by atoms with Crippen LogP contribution in [0.3, 0.4) is 0 Å². The smallest absolute Gasteiger partial charge is 0.227 e. The topological polar surface area (TPSA) is 84.1 Å². The van der Waals surface area contributed by atoms with Crippen molar-refractivity contribution >= 4 is 17.3 Å². The molecular weight excluding hydrogens is 385 g/mol. The molecule has 1 aromatic carbocycles. The molecule has 7 nitrogen and oxygen atoms in total. The largest absolute Gasteiger partial charge is 0.369 e. The number of carbonyl (C=O) groups is 1. The molecule has 1 aliphatic rings. The van der Waals surface area contributed by atoms with Crippen LogP contribution in [0.1, 0.15) is 38.0 Å². The first-order valence-corrected chi connectivity index (χ1v) is 10.3. The number of benzene rings is 1. The third-order valence-electron chi connectivity index (χ3n) is 5.08. The van der Waals surface area contributed by atoms with Crippen LogP contribution in [-0.4, -0.2) is 34.1 Å². The molecule has 0 atom stereocenters. The summed E-state index contributed by atoms with van der Waals surface area (Å²) in [6.45, 7) is 1.75. The molecule has 2 aromatic heterocycles. The van der Waals surface area contributed by atoms with Gasteiger partial charge in [0.1, 0.15) is 11.5 Å². The Morgan fingerprint density at radius 2 is 2.03 bits per heavy atom. The van der Waals surface area contributed by atoms with Crippen molar-refractivity contribution in [3.8, 4) is 11.5 Å². The lowest BCUT2D eigenvalue weighted by atomic mass is 10.1. The van der Waals surface area contributed by atoms with Crippen LogP contribution in [0.2, 0.25) is 0 Å². The van der Waals surface area contributed by atoms with Crippen LogP contribution in [-0.2, 0) is 11.2 Å². The van der Waals surface area contributed by atoms with Crippen molar-refractivity contribution < 1.29 is 13.7 Å². The maximum absolute atomic E-state index is 14.5. The molecule has 3 heterocycles. The molecule has 0 unspecified atom stereocenters. The minimum absolute atomic E-state index is 0.176. The van der Waals surface area contributed by atoms with E-state index < -0.39 is 0 Å². The van der Waals surface area contributed by atoms with E-state index in [0.717, 1.165) is 25.9 Å². The highest BCUT2D eigenvalue weighted by Gasteiger charge is 2.16. The average molecular weight is 409 g/mol. The van der Waals surface area contributed by atoms with Gasteiger partial charge in [0.2, 0.25) is 17.6 Å². The zero-order valence-electron chi connectivity index (χ0n) is 16.7. The molecule has 0 aliphatic carbocycles. The Kier molecular flexibility index (Phi) is 6.32. The van der Waals surface area contributed by atoms with Crippen molar-refractivity contribution in [1.29, 1.82) is 0 Å². The molecule has 1 N–H and O–H groups in total.